The predicted molar refractivity (Wildman–Crippen MR) is 133 cm³/mol. The van der Waals surface area contributed by atoms with E-state index in [0.29, 0.717) is 6.04 Å². The number of nitrogens with zero attached hydrogens (tertiary/aromatic N) is 3. The van der Waals surface area contributed by atoms with Gasteiger partial charge in [0.25, 0.3) is 0 Å². The average molecular weight is 518 g/mol. The number of hydrogen-bond donors (Lipinski definition) is 2. The average Bonchev–Trinajstić information content (AvgIpc) is 2.71. The molecular weight excluding hydrogens is 477 g/mol. The van der Waals surface area contributed by atoms with Crippen molar-refractivity contribution in [2.24, 2.45) is 4.99 Å². The van der Waals surface area contributed by atoms with Crippen LogP contribution < -0.4 is 10.6 Å². The smallest absolute Gasteiger partial charge is 0.191 e. The lowest BCUT2D eigenvalue weighted by molar-refractivity contribution is 0.180. The maximum absolute atomic E-state index is 5.12. The Morgan fingerprint density at radius 3 is 2.72 bits per heavy atom. The van der Waals surface area contributed by atoms with E-state index in [9.17, 15) is 0 Å². The number of aliphatic imine (C=N–C) groups is 1. The molecule has 0 fully saturated rings. The third-order valence-electron chi connectivity index (χ3n) is 5.32. The number of guanidine groups is 1. The number of hydrogen-bond acceptors (Lipinski definition) is 4. The highest BCUT2D eigenvalue weighted by Crippen LogP contribution is 2.20. The van der Waals surface area contributed by atoms with Gasteiger partial charge in [-0.3, -0.25) is 9.89 Å². The summed E-state index contributed by atoms with van der Waals surface area (Å²) in [7, 11) is 3.90. The lowest BCUT2D eigenvalue weighted by Crippen LogP contribution is -2.43. The first-order valence-corrected chi connectivity index (χ1v) is 10.6. The second-order valence-corrected chi connectivity index (χ2v) is 7.63. The van der Waals surface area contributed by atoms with E-state index in [4.69, 9.17) is 9.73 Å². The van der Waals surface area contributed by atoms with Crippen molar-refractivity contribution in [3.05, 3.63) is 35.4 Å². The minimum Gasteiger partial charge on any atom is -0.385 e. The van der Waals surface area contributed by atoms with Gasteiger partial charge in [-0.15, -0.1) is 24.0 Å². The summed E-state index contributed by atoms with van der Waals surface area (Å²) < 4.78 is 5.12. The van der Waals surface area contributed by atoms with Crippen molar-refractivity contribution >= 4 is 29.9 Å². The van der Waals surface area contributed by atoms with Gasteiger partial charge < -0.3 is 20.3 Å². The van der Waals surface area contributed by atoms with Crippen LogP contribution in [0.25, 0.3) is 0 Å². The minimum atomic E-state index is 0. The summed E-state index contributed by atoms with van der Waals surface area (Å²) in [6.07, 6.45) is 2.20. The van der Waals surface area contributed by atoms with Crippen molar-refractivity contribution in [1.82, 2.24) is 20.4 Å². The number of ether oxygens (including phenoxy) is 1. The summed E-state index contributed by atoms with van der Waals surface area (Å²) in [6.45, 7) is 12.0. The maximum atomic E-state index is 5.12. The van der Waals surface area contributed by atoms with E-state index in [1.165, 1.54) is 11.1 Å². The standard InChI is InChI=1S/C22H39N5O.HI/c1-5-23-22(24-12-15-26(3)13-8-16-28-4)25-17-19(2)27-14-11-20-9-6-7-10-21(20)18-27;/h6-7,9-10,19H,5,8,11-18H2,1-4H3,(H2,23,24,25);1H. The molecule has 1 heterocycles. The summed E-state index contributed by atoms with van der Waals surface area (Å²) in [5.41, 5.74) is 2.96. The Balaban J connectivity index is 0.00000420. The third kappa shape index (κ3) is 9.63. The number of halogens is 1. The number of likely N-dealkylation sites (N-methyl/N-ethyl adjacent to an activating group) is 1. The molecule has 29 heavy (non-hydrogen) atoms. The molecule has 0 aromatic heterocycles. The van der Waals surface area contributed by atoms with Crippen LogP contribution in [-0.2, 0) is 17.7 Å². The van der Waals surface area contributed by atoms with E-state index in [1.54, 1.807) is 7.11 Å². The van der Waals surface area contributed by atoms with E-state index >= 15 is 0 Å². The molecule has 7 heteroatoms. The number of methoxy groups -OCH3 is 1. The number of fused-ring (bicyclic) bond motifs is 1. The van der Waals surface area contributed by atoms with Crippen molar-refractivity contribution in [3.8, 4) is 0 Å². The Bertz CT molecular complexity index is 598. The summed E-state index contributed by atoms with van der Waals surface area (Å²) in [5.74, 6) is 0.914. The molecule has 1 atom stereocenters. The van der Waals surface area contributed by atoms with Gasteiger partial charge in [0.2, 0.25) is 0 Å². The summed E-state index contributed by atoms with van der Waals surface area (Å²) in [6, 6.07) is 9.23. The van der Waals surface area contributed by atoms with Crippen LogP contribution in [0.15, 0.2) is 29.3 Å². The molecule has 0 amide bonds. The molecule has 1 aliphatic rings. The van der Waals surface area contributed by atoms with Crippen LogP contribution in [0.5, 0.6) is 0 Å². The van der Waals surface area contributed by atoms with Crippen LogP contribution in [0.4, 0.5) is 0 Å². The van der Waals surface area contributed by atoms with E-state index < -0.39 is 0 Å². The van der Waals surface area contributed by atoms with Gasteiger partial charge in [-0.1, -0.05) is 24.3 Å². The molecule has 0 spiro atoms. The molecule has 0 aliphatic carbocycles. The number of benzene rings is 1. The van der Waals surface area contributed by atoms with Crippen molar-refractivity contribution in [1.29, 1.82) is 0 Å². The largest absolute Gasteiger partial charge is 0.385 e. The molecule has 2 N–H and O–H groups in total. The summed E-state index contributed by atoms with van der Waals surface area (Å²) >= 11 is 0. The molecule has 1 aromatic carbocycles. The molecular formula is C22H40IN5O. The van der Waals surface area contributed by atoms with Crippen molar-refractivity contribution in [3.63, 3.8) is 0 Å². The molecule has 1 aliphatic heterocycles. The van der Waals surface area contributed by atoms with Gasteiger partial charge in [-0.25, -0.2) is 0 Å². The molecule has 2 rings (SSSR count). The minimum absolute atomic E-state index is 0. The lowest BCUT2D eigenvalue weighted by Gasteiger charge is -2.33. The normalized spacial score (nSPS) is 15.6. The third-order valence-corrected chi connectivity index (χ3v) is 5.32. The maximum Gasteiger partial charge on any atom is 0.191 e. The topological polar surface area (TPSA) is 52.1 Å². The van der Waals surface area contributed by atoms with Gasteiger partial charge >= 0.3 is 0 Å². The van der Waals surface area contributed by atoms with Crippen LogP contribution in [0.1, 0.15) is 31.4 Å². The molecule has 1 aromatic rings. The fourth-order valence-corrected chi connectivity index (χ4v) is 3.53. The quantitative estimate of drug-likeness (QED) is 0.205. The summed E-state index contributed by atoms with van der Waals surface area (Å²) in [5, 5.41) is 6.83. The van der Waals surface area contributed by atoms with Crippen molar-refractivity contribution in [2.75, 3.05) is 60.0 Å². The van der Waals surface area contributed by atoms with Crippen molar-refractivity contribution in [2.45, 2.75) is 39.3 Å². The van der Waals surface area contributed by atoms with Crippen LogP contribution in [0.2, 0.25) is 0 Å². The second kappa shape index (κ2) is 15.0. The Hall–Kier alpha value is -0.900. The van der Waals surface area contributed by atoms with Crippen LogP contribution in [0.3, 0.4) is 0 Å². The number of rotatable bonds is 11. The van der Waals surface area contributed by atoms with E-state index in [-0.39, 0.29) is 24.0 Å². The first kappa shape index (κ1) is 26.1. The first-order chi connectivity index (χ1) is 13.6. The molecule has 6 nitrogen and oxygen atoms in total. The van der Waals surface area contributed by atoms with E-state index in [0.717, 1.165) is 71.2 Å². The fourth-order valence-electron chi connectivity index (χ4n) is 3.53. The molecule has 166 valence electrons. The first-order valence-electron chi connectivity index (χ1n) is 10.6. The summed E-state index contributed by atoms with van der Waals surface area (Å²) in [4.78, 5) is 9.69. The van der Waals surface area contributed by atoms with Gasteiger partial charge in [-0.2, -0.15) is 0 Å². The highest BCUT2D eigenvalue weighted by Gasteiger charge is 2.20. The molecule has 1 unspecified atom stereocenters. The Morgan fingerprint density at radius 1 is 1.24 bits per heavy atom. The predicted octanol–water partition coefficient (Wildman–Crippen LogP) is 2.57. The van der Waals surface area contributed by atoms with E-state index in [1.807, 2.05) is 0 Å². The van der Waals surface area contributed by atoms with Gasteiger partial charge in [0, 0.05) is 59.0 Å². The van der Waals surface area contributed by atoms with Crippen LogP contribution >= 0.6 is 24.0 Å². The van der Waals surface area contributed by atoms with Crippen LogP contribution in [0, 0.1) is 0 Å². The highest BCUT2D eigenvalue weighted by molar-refractivity contribution is 14.0. The number of nitrogens with one attached hydrogen (secondary N) is 2. The Labute approximate surface area is 194 Å². The SMILES string of the molecule is CCNC(=NCC(C)N1CCc2ccccc2C1)NCCN(C)CCCOC.I. The molecule has 0 radical (unpaired) electrons. The molecule has 0 saturated carbocycles. The van der Waals surface area contributed by atoms with Crippen LogP contribution in [-0.4, -0.2) is 81.8 Å². The van der Waals surface area contributed by atoms with Gasteiger partial charge in [0.1, 0.15) is 0 Å². The van der Waals surface area contributed by atoms with E-state index in [2.05, 4.69) is 65.6 Å². The highest BCUT2D eigenvalue weighted by atomic mass is 127. The fraction of sp³-hybridized carbons (Fsp3) is 0.682. The lowest BCUT2D eigenvalue weighted by atomic mass is 9.99. The van der Waals surface area contributed by atoms with Gasteiger partial charge in [0.05, 0.1) is 6.54 Å². The molecule has 0 bridgehead atoms. The van der Waals surface area contributed by atoms with Crippen molar-refractivity contribution < 1.29 is 4.74 Å². The monoisotopic (exact) mass is 517 g/mol. The van der Waals surface area contributed by atoms with Gasteiger partial charge in [-0.05, 0) is 44.9 Å². The second-order valence-electron chi connectivity index (χ2n) is 7.63. The Kier molecular flexibility index (Phi) is 13.5. The van der Waals surface area contributed by atoms with Gasteiger partial charge in [0.15, 0.2) is 5.96 Å². The Morgan fingerprint density at radius 2 is 2.00 bits per heavy atom. The zero-order chi connectivity index (χ0) is 20.2. The zero-order valence-corrected chi connectivity index (χ0v) is 20.9. The molecule has 0 saturated heterocycles. The zero-order valence-electron chi connectivity index (χ0n) is 18.6.